The highest BCUT2D eigenvalue weighted by Crippen LogP contribution is 2.29. The summed E-state index contributed by atoms with van der Waals surface area (Å²) in [6, 6.07) is -1.13. The molecule has 2 aliphatic rings. The Balaban J connectivity index is 2.01. The molecule has 102 valence electrons. The molecule has 1 heterocycles. The van der Waals surface area contributed by atoms with Gasteiger partial charge < -0.3 is 20.1 Å². The summed E-state index contributed by atoms with van der Waals surface area (Å²) in [6.45, 7) is 2.95. The SMILES string of the molecule is CCOC(=O)C(N)C(=O)N1CCOC2CCCC21. The van der Waals surface area contributed by atoms with Gasteiger partial charge in [-0.15, -0.1) is 0 Å². The van der Waals surface area contributed by atoms with E-state index in [0.29, 0.717) is 13.2 Å². The molecule has 0 spiro atoms. The van der Waals surface area contributed by atoms with Crippen LogP contribution in [0.4, 0.5) is 0 Å². The lowest BCUT2D eigenvalue weighted by Gasteiger charge is -2.38. The predicted octanol–water partition coefficient (Wildman–Crippen LogP) is -0.343. The van der Waals surface area contributed by atoms with Gasteiger partial charge in [-0.2, -0.15) is 0 Å². The number of nitrogens with zero attached hydrogens (tertiary/aromatic N) is 1. The van der Waals surface area contributed by atoms with Crippen molar-refractivity contribution in [1.29, 1.82) is 0 Å². The maximum absolute atomic E-state index is 12.2. The van der Waals surface area contributed by atoms with Gasteiger partial charge in [-0.3, -0.25) is 4.79 Å². The summed E-state index contributed by atoms with van der Waals surface area (Å²) in [5.74, 6) is -0.989. The van der Waals surface area contributed by atoms with Crippen molar-refractivity contribution in [2.24, 2.45) is 5.73 Å². The number of hydrogen-bond acceptors (Lipinski definition) is 5. The molecule has 18 heavy (non-hydrogen) atoms. The van der Waals surface area contributed by atoms with Gasteiger partial charge in [0.1, 0.15) is 0 Å². The summed E-state index contributed by atoms with van der Waals surface area (Å²) in [6.07, 6.45) is 3.06. The highest BCUT2D eigenvalue weighted by molar-refractivity contribution is 6.01. The first kappa shape index (κ1) is 13.3. The zero-order chi connectivity index (χ0) is 13.1. The first-order chi connectivity index (χ1) is 8.65. The summed E-state index contributed by atoms with van der Waals surface area (Å²) < 4.78 is 10.4. The molecule has 3 unspecified atom stereocenters. The van der Waals surface area contributed by atoms with Crippen LogP contribution in [-0.4, -0.2) is 54.7 Å². The zero-order valence-corrected chi connectivity index (χ0v) is 10.6. The molecule has 1 aliphatic heterocycles. The van der Waals surface area contributed by atoms with Crippen LogP contribution in [0.15, 0.2) is 0 Å². The molecule has 0 bridgehead atoms. The van der Waals surface area contributed by atoms with E-state index in [-0.39, 0.29) is 24.7 Å². The van der Waals surface area contributed by atoms with Crippen LogP contribution in [0, 0.1) is 0 Å². The van der Waals surface area contributed by atoms with Gasteiger partial charge in [-0.25, -0.2) is 4.79 Å². The van der Waals surface area contributed by atoms with Crippen molar-refractivity contribution in [3.05, 3.63) is 0 Å². The zero-order valence-electron chi connectivity index (χ0n) is 10.6. The van der Waals surface area contributed by atoms with Crippen molar-refractivity contribution in [1.82, 2.24) is 4.90 Å². The Labute approximate surface area is 106 Å². The Morgan fingerprint density at radius 1 is 1.50 bits per heavy atom. The first-order valence-electron chi connectivity index (χ1n) is 6.49. The molecule has 2 rings (SSSR count). The number of amides is 1. The first-order valence-corrected chi connectivity index (χ1v) is 6.49. The molecule has 6 nitrogen and oxygen atoms in total. The van der Waals surface area contributed by atoms with E-state index in [1.807, 2.05) is 0 Å². The topological polar surface area (TPSA) is 81.9 Å². The van der Waals surface area contributed by atoms with Crippen molar-refractivity contribution >= 4 is 11.9 Å². The summed E-state index contributed by atoms with van der Waals surface area (Å²) in [4.78, 5) is 25.4. The van der Waals surface area contributed by atoms with Crippen LogP contribution in [0.1, 0.15) is 26.2 Å². The van der Waals surface area contributed by atoms with Gasteiger partial charge >= 0.3 is 5.97 Å². The van der Waals surface area contributed by atoms with Crippen LogP contribution in [-0.2, 0) is 19.1 Å². The minimum absolute atomic E-state index is 0.0757. The van der Waals surface area contributed by atoms with Gasteiger partial charge in [0.15, 0.2) is 6.04 Å². The fraction of sp³-hybridized carbons (Fsp3) is 0.833. The molecule has 1 saturated carbocycles. The number of rotatable bonds is 3. The van der Waals surface area contributed by atoms with Crippen LogP contribution in [0.25, 0.3) is 0 Å². The largest absolute Gasteiger partial charge is 0.464 e. The molecule has 2 N–H and O–H groups in total. The highest BCUT2D eigenvalue weighted by atomic mass is 16.5. The van der Waals surface area contributed by atoms with Crippen LogP contribution >= 0.6 is 0 Å². The maximum atomic E-state index is 12.2. The molecule has 0 radical (unpaired) electrons. The van der Waals surface area contributed by atoms with Gasteiger partial charge in [-0.1, -0.05) is 0 Å². The van der Waals surface area contributed by atoms with E-state index in [1.54, 1.807) is 11.8 Å². The van der Waals surface area contributed by atoms with Crippen LogP contribution in [0.3, 0.4) is 0 Å². The Bertz CT molecular complexity index is 334. The fourth-order valence-corrected chi connectivity index (χ4v) is 2.71. The van der Waals surface area contributed by atoms with Crippen LogP contribution in [0.2, 0.25) is 0 Å². The Morgan fingerprint density at radius 3 is 3.00 bits per heavy atom. The molecule has 3 atom stereocenters. The summed E-state index contributed by atoms with van der Waals surface area (Å²) in [7, 11) is 0. The second kappa shape index (κ2) is 5.67. The third-order valence-corrected chi connectivity index (χ3v) is 3.57. The molecular weight excluding hydrogens is 236 g/mol. The Morgan fingerprint density at radius 2 is 2.28 bits per heavy atom. The molecule has 1 amide bonds. The average Bonchev–Trinajstić information content (AvgIpc) is 2.85. The van der Waals surface area contributed by atoms with Gasteiger partial charge in [0.25, 0.3) is 5.91 Å². The molecule has 0 aromatic rings. The number of fused-ring (bicyclic) bond motifs is 1. The summed E-state index contributed by atoms with van der Waals surface area (Å²) in [5, 5.41) is 0. The molecule has 6 heteroatoms. The maximum Gasteiger partial charge on any atom is 0.332 e. The van der Waals surface area contributed by atoms with Crippen molar-refractivity contribution in [3.63, 3.8) is 0 Å². The van der Waals surface area contributed by atoms with E-state index in [0.717, 1.165) is 19.3 Å². The lowest BCUT2D eigenvalue weighted by Crippen LogP contribution is -2.57. The minimum Gasteiger partial charge on any atom is -0.464 e. The monoisotopic (exact) mass is 256 g/mol. The highest BCUT2D eigenvalue weighted by Gasteiger charge is 2.41. The lowest BCUT2D eigenvalue weighted by molar-refractivity contribution is -0.156. The van der Waals surface area contributed by atoms with E-state index in [9.17, 15) is 9.59 Å². The third kappa shape index (κ3) is 2.49. The van der Waals surface area contributed by atoms with E-state index in [4.69, 9.17) is 15.2 Å². The number of nitrogens with two attached hydrogens (primary N) is 1. The smallest absolute Gasteiger partial charge is 0.332 e. The normalized spacial score (nSPS) is 28.7. The standard InChI is InChI=1S/C12H20N2O4/c1-2-17-12(16)10(13)11(15)14-6-7-18-9-5-3-4-8(9)14/h8-10H,2-7,13H2,1H3. The molecule has 1 saturated heterocycles. The van der Waals surface area contributed by atoms with E-state index in [2.05, 4.69) is 0 Å². The number of carbonyl (C=O) groups excluding carboxylic acids is 2. The van der Waals surface area contributed by atoms with Gasteiger partial charge in [0.05, 0.1) is 25.4 Å². The second-order valence-corrected chi connectivity index (χ2v) is 4.67. The average molecular weight is 256 g/mol. The number of carbonyl (C=O) groups is 2. The number of ether oxygens (including phenoxy) is 2. The van der Waals surface area contributed by atoms with Crippen molar-refractivity contribution in [2.75, 3.05) is 19.8 Å². The summed E-state index contributed by atoms with van der Waals surface area (Å²) in [5.41, 5.74) is 5.65. The van der Waals surface area contributed by atoms with Crippen molar-refractivity contribution < 1.29 is 19.1 Å². The number of esters is 1. The lowest BCUT2D eigenvalue weighted by atomic mass is 10.1. The van der Waals surface area contributed by atoms with E-state index in [1.165, 1.54) is 0 Å². The molecular formula is C12H20N2O4. The minimum atomic E-state index is -1.20. The van der Waals surface area contributed by atoms with Gasteiger partial charge in [-0.05, 0) is 26.2 Å². The fourth-order valence-electron chi connectivity index (χ4n) is 2.71. The molecule has 0 aromatic heterocycles. The Kier molecular flexibility index (Phi) is 4.19. The quantitative estimate of drug-likeness (QED) is 0.551. The molecule has 1 aliphatic carbocycles. The molecule has 0 aromatic carbocycles. The van der Waals surface area contributed by atoms with E-state index >= 15 is 0 Å². The van der Waals surface area contributed by atoms with Crippen LogP contribution < -0.4 is 5.73 Å². The molecule has 2 fully saturated rings. The Hall–Kier alpha value is -1.14. The van der Waals surface area contributed by atoms with Gasteiger partial charge in [0, 0.05) is 6.54 Å². The van der Waals surface area contributed by atoms with Crippen molar-refractivity contribution in [2.45, 2.75) is 44.4 Å². The van der Waals surface area contributed by atoms with E-state index < -0.39 is 12.0 Å². The summed E-state index contributed by atoms with van der Waals surface area (Å²) >= 11 is 0. The number of hydrogen-bond donors (Lipinski definition) is 1. The number of morpholine rings is 1. The third-order valence-electron chi connectivity index (χ3n) is 3.57. The predicted molar refractivity (Wildman–Crippen MR) is 63.7 cm³/mol. The van der Waals surface area contributed by atoms with Crippen molar-refractivity contribution in [3.8, 4) is 0 Å². The second-order valence-electron chi connectivity index (χ2n) is 4.67. The van der Waals surface area contributed by atoms with Crippen LogP contribution in [0.5, 0.6) is 0 Å². The van der Waals surface area contributed by atoms with Gasteiger partial charge in [0.2, 0.25) is 0 Å².